The number of hydrogen-bond donors (Lipinski definition) is 1. The Bertz CT molecular complexity index is 253. The van der Waals surface area contributed by atoms with Gasteiger partial charge in [0, 0.05) is 6.54 Å². The molecule has 0 aromatic carbocycles. The summed E-state index contributed by atoms with van der Waals surface area (Å²) in [7, 11) is 0. The van der Waals surface area contributed by atoms with Gasteiger partial charge in [0.1, 0.15) is 0 Å². The molecule has 18 heavy (non-hydrogen) atoms. The van der Waals surface area contributed by atoms with Gasteiger partial charge >= 0.3 is 0 Å². The first-order valence-electron chi connectivity index (χ1n) is 7.68. The number of unbranched alkanes of at least 4 members (excludes halogenated alkanes) is 3. The lowest BCUT2D eigenvalue weighted by Gasteiger charge is -2.27. The van der Waals surface area contributed by atoms with Crippen LogP contribution in [-0.4, -0.2) is 29.6 Å². The van der Waals surface area contributed by atoms with E-state index in [4.69, 9.17) is 0 Å². The molecule has 1 heterocycles. The third-order valence-corrected chi connectivity index (χ3v) is 3.75. The van der Waals surface area contributed by atoms with E-state index in [0.29, 0.717) is 11.8 Å². The molecular formula is C15H30N2O. The molecule has 0 radical (unpaired) electrons. The van der Waals surface area contributed by atoms with Crippen LogP contribution >= 0.6 is 0 Å². The third kappa shape index (κ3) is 3.98. The quantitative estimate of drug-likeness (QED) is 0.675. The Balaban J connectivity index is 2.52. The number of hydrogen-bond acceptors (Lipinski definition) is 2. The smallest absolute Gasteiger partial charge is 0.241 e. The summed E-state index contributed by atoms with van der Waals surface area (Å²) in [5.41, 5.74) is 0. The summed E-state index contributed by atoms with van der Waals surface area (Å²) in [4.78, 5) is 14.4. The Morgan fingerprint density at radius 3 is 2.44 bits per heavy atom. The van der Waals surface area contributed by atoms with Gasteiger partial charge < -0.3 is 4.90 Å². The van der Waals surface area contributed by atoms with Crippen molar-refractivity contribution >= 4 is 5.91 Å². The molecule has 0 spiro atoms. The largest absolute Gasteiger partial charge is 0.326 e. The van der Waals surface area contributed by atoms with E-state index in [1.54, 1.807) is 0 Å². The summed E-state index contributed by atoms with van der Waals surface area (Å²) in [6, 6.07) is 0.0635. The first kappa shape index (κ1) is 15.5. The third-order valence-electron chi connectivity index (χ3n) is 3.75. The summed E-state index contributed by atoms with van der Waals surface area (Å²) in [6.07, 6.45) is 7.19. The molecule has 1 fully saturated rings. The van der Waals surface area contributed by atoms with Gasteiger partial charge in [-0.1, -0.05) is 53.4 Å². The molecule has 3 nitrogen and oxygen atoms in total. The molecule has 0 aromatic rings. The van der Waals surface area contributed by atoms with Gasteiger partial charge in [-0.15, -0.1) is 0 Å². The highest BCUT2D eigenvalue weighted by Crippen LogP contribution is 2.20. The second-order valence-electron chi connectivity index (χ2n) is 5.79. The SMILES string of the molecule is CCCCCCN1C(=O)C(CCC)NC1C(C)C. The molecule has 106 valence electrons. The lowest BCUT2D eigenvalue weighted by molar-refractivity contribution is -0.130. The molecule has 0 aromatic heterocycles. The Morgan fingerprint density at radius 1 is 1.17 bits per heavy atom. The predicted octanol–water partition coefficient (Wildman–Crippen LogP) is 3.15. The van der Waals surface area contributed by atoms with Gasteiger partial charge in [0.25, 0.3) is 0 Å². The Kier molecular flexibility index (Phi) is 6.69. The fourth-order valence-electron chi connectivity index (χ4n) is 2.71. The van der Waals surface area contributed by atoms with Crippen molar-refractivity contribution in [2.24, 2.45) is 5.92 Å². The van der Waals surface area contributed by atoms with E-state index in [-0.39, 0.29) is 12.2 Å². The molecule has 0 bridgehead atoms. The van der Waals surface area contributed by atoms with Crippen LogP contribution in [0.15, 0.2) is 0 Å². The Labute approximate surface area is 112 Å². The van der Waals surface area contributed by atoms with E-state index in [1.807, 2.05) is 0 Å². The monoisotopic (exact) mass is 254 g/mol. The van der Waals surface area contributed by atoms with Crippen molar-refractivity contribution in [1.82, 2.24) is 10.2 Å². The molecule has 2 unspecified atom stereocenters. The summed E-state index contributed by atoms with van der Waals surface area (Å²) in [5.74, 6) is 0.814. The van der Waals surface area contributed by atoms with E-state index in [9.17, 15) is 4.79 Å². The summed E-state index contributed by atoms with van der Waals surface area (Å²) >= 11 is 0. The van der Waals surface area contributed by atoms with Crippen LogP contribution in [0.25, 0.3) is 0 Å². The minimum Gasteiger partial charge on any atom is -0.326 e. The van der Waals surface area contributed by atoms with Gasteiger partial charge in [-0.05, 0) is 18.8 Å². The molecule has 1 N–H and O–H groups in total. The molecule has 3 heteroatoms. The number of rotatable bonds is 8. The topological polar surface area (TPSA) is 32.3 Å². The van der Waals surface area contributed by atoms with Crippen LogP contribution in [0, 0.1) is 5.92 Å². The van der Waals surface area contributed by atoms with Crippen molar-refractivity contribution in [3.05, 3.63) is 0 Å². The van der Waals surface area contributed by atoms with Crippen molar-refractivity contribution in [2.75, 3.05) is 6.54 Å². The van der Waals surface area contributed by atoms with Crippen LogP contribution in [0.3, 0.4) is 0 Å². The molecule has 1 amide bonds. The van der Waals surface area contributed by atoms with Crippen LogP contribution in [0.1, 0.15) is 66.2 Å². The zero-order valence-electron chi connectivity index (χ0n) is 12.5. The van der Waals surface area contributed by atoms with Gasteiger partial charge in [0.15, 0.2) is 0 Å². The molecule has 1 rings (SSSR count). The lowest BCUT2D eigenvalue weighted by Crippen LogP contribution is -2.41. The maximum absolute atomic E-state index is 12.3. The van der Waals surface area contributed by atoms with Gasteiger partial charge in [-0.25, -0.2) is 0 Å². The van der Waals surface area contributed by atoms with E-state index in [1.165, 1.54) is 19.3 Å². The van der Waals surface area contributed by atoms with Crippen molar-refractivity contribution in [3.8, 4) is 0 Å². The van der Waals surface area contributed by atoms with E-state index < -0.39 is 0 Å². The van der Waals surface area contributed by atoms with Gasteiger partial charge in [0.05, 0.1) is 12.2 Å². The first-order valence-corrected chi connectivity index (χ1v) is 7.68. The molecule has 1 aliphatic rings. The molecular weight excluding hydrogens is 224 g/mol. The summed E-state index contributed by atoms with van der Waals surface area (Å²) < 4.78 is 0. The minimum absolute atomic E-state index is 0.0635. The second kappa shape index (κ2) is 7.78. The fourth-order valence-corrected chi connectivity index (χ4v) is 2.71. The lowest BCUT2D eigenvalue weighted by atomic mass is 10.1. The average Bonchev–Trinajstić information content (AvgIpc) is 2.64. The fraction of sp³-hybridized carbons (Fsp3) is 0.933. The summed E-state index contributed by atoms with van der Waals surface area (Å²) in [6.45, 7) is 9.67. The van der Waals surface area contributed by atoms with Crippen LogP contribution in [0.4, 0.5) is 0 Å². The number of amides is 1. The highest BCUT2D eigenvalue weighted by molar-refractivity contribution is 5.84. The normalized spacial score (nSPS) is 24.3. The van der Waals surface area contributed by atoms with Crippen LogP contribution in [0.5, 0.6) is 0 Å². The average molecular weight is 254 g/mol. The molecule has 1 saturated heterocycles. The highest BCUT2D eigenvalue weighted by Gasteiger charge is 2.38. The van der Waals surface area contributed by atoms with Gasteiger partial charge in [-0.3, -0.25) is 10.1 Å². The Hall–Kier alpha value is -0.570. The number of nitrogens with one attached hydrogen (secondary N) is 1. The van der Waals surface area contributed by atoms with Crippen molar-refractivity contribution < 1.29 is 4.79 Å². The zero-order chi connectivity index (χ0) is 13.5. The zero-order valence-corrected chi connectivity index (χ0v) is 12.5. The number of carbonyl (C=O) groups is 1. The standard InChI is InChI=1S/C15H30N2O/c1-5-7-8-9-11-17-14(12(3)4)16-13(10-6-2)15(17)18/h12-14,16H,5-11H2,1-4H3. The van der Waals surface area contributed by atoms with Crippen LogP contribution < -0.4 is 5.32 Å². The second-order valence-corrected chi connectivity index (χ2v) is 5.79. The van der Waals surface area contributed by atoms with Crippen molar-refractivity contribution in [3.63, 3.8) is 0 Å². The number of carbonyl (C=O) groups excluding carboxylic acids is 1. The van der Waals surface area contributed by atoms with Crippen LogP contribution in [0.2, 0.25) is 0 Å². The van der Waals surface area contributed by atoms with Crippen molar-refractivity contribution in [2.45, 2.75) is 78.4 Å². The Morgan fingerprint density at radius 2 is 1.89 bits per heavy atom. The summed E-state index contributed by atoms with van der Waals surface area (Å²) in [5, 5.41) is 3.51. The van der Waals surface area contributed by atoms with Gasteiger partial charge in [-0.2, -0.15) is 0 Å². The maximum atomic E-state index is 12.3. The predicted molar refractivity (Wildman–Crippen MR) is 76.3 cm³/mol. The molecule has 0 saturated carbocycles. The highest BCUT2D eigenvalue weighted by atomic mass is 16.2. The van der Waals surface area contributed by atoms with Gasteiger partial charge in [0.2, 0.25) is 5.91 Å². The maximum Gasteiger partial charge on any atom is 0.241 e. The van der Waals surface area contributed by atoms with Crippen LogP contribution in [-0.2, 0) is 4.79 Å². The van der Waals surface area contributed by atoms with E-state index in [0.717, 1.165) is 25.8 Å². The van der Waals surface area contributed by atoms with E-state index >= 15 is 0 Å². The van der Waals surface area contributed by atoms with E-state index in [2.05, 4.69) is 37.9 Å². The molecule has 0 aliphatic carbocycles. The number of nitrogens with zero attached hydrogens (tertiary/aromatic N) is 1. The van der Waals surface area contributed by atoms with Crippen molar-refractivity contribution in [1.29, 1.82) is 0 Å². The molecule has 1 aliphatic heterocycles. The first-order chi connectivity index (χ1) is 8.61. The minimum atomic E-state index is 0.0635. The molecule has 2 atom stereocenters.